The fourth-order valence-electron chi connectivity index (χ4n) is 4.39. The molecule has 0 spiro atoms. The molecule has 3 aromatic carbocycles. The standard InChI is InChI=1S/C26H24F3NO3/c27-19-13-11-18(12-14-19)23(20-8-4-9-21(28)24(20)29)25(31)22-10-5-15-30(22)26(32)33-16-17-6-2-1-3-7-17/h1-4,6-9,11-14,22-23,25,31H,5,10,15-16H2/t22-,23-,25+/m1/s1. The molecule has 1 N–H and O–H groups in total. The first-order chi connectivity index (χ1) is 16.0. The molecule has 172 valence electrons. The zero-order valence-corrected chi connectivity index (χ0v) is 17.8. The van der Waals surface area contributed by atoms with E-state index in [1.54, 1.807) is 0 Å². The van der Waals surface area contributed by atoms with Gasteiger partial charge < -0.3 is 14.7 Å². The summed E-state index contributed by atoms with van der Waals surface area (Å²) in [6, 6.07) is 17.5. The van der Waals surface area contributed by atoms with Crippen LogP contribution in [-0.2, 0) is 11.3 Å². The Morgan fingerprint density at radius 3 is 2.45 bits per heavy atom. The van der Waals surface area contributed by atoms with Gasteiger partial charge in [0.25, 0.3) is 0 Å². The van der Waals surface area contributed by atoms with Crippen LogP contribution in [0, 0.1) is 17.5 Å². The van der Waals surface area contributed by atoms with Crippen LogP contribution in [0.25, 0.3) is 0 Å². The molecule has 1 aliphatic heterocycles. The van der Waals surface area contributed by atoms with Crippen LogP contribution in [0.1, 0.15) is 35.4 Å². The van der Waals surface area contributed by atoms with E-state index in [0.29, 0.717) is 24.9 Å². The fourth-order valence-corrected chi connectivity index (χ4v) is 4.39. The van der Waals surface area contributed by atoms with E-state index in [2.05, 4.69) is 0 Å². The Hall–Kier alpha value is -3.32. The van der Waals surface area contributed by atoms with E-state index in [0.717, 1.165) is 11.6 Å². The molecule has 0 saturated carbocycles. The van der Waals surface area contributed by atoms with E-state index in [4.69, 9.17) is 4.74 Å². The molecule has 0 radical (unpaired) electrons. The second-order valence-corrected chi connectivity index (χ2v) is 8.11. The molecule has 3 atom stereocenters. The average Bonchev–Trinajstić information content (AvgIpc) is 3.32. The fraction of sp³-hybridized carbons (Fsp3) is 0.269. The predicted molar refractivity (Wildman–Crippen MR) is 117 cm³/mol. The third-order valence-electron chi connectivity index (χ3n) is 6.02. The van der Waals surface area contributed by atoms with Crippen molar-refractivity contribution in [3.63, 3.8) is 0 Å². The van der Waals surface area contributed by atoms with Crippen molar-refractivity contribution in [3.05, 3.63) is 107 Å². The zero-order chi connectivity index (χ0) is 23.4. The Kier molecular flexibility index (Phi) is 6.99. The molecule has 3 aromatic rings. The molecular formula is C26H24F3NO3. The van der Waals surface area contributed by atoms with E-state index in [9.17, 15) is 23.1 Å². The summed E-state index contributed by atoms with van der Waals surface area (Å²) in [5.41, 5.74) is 1.18. The number of aliphatic hydroxyl groups excluding tert-OH is 1. The minimum Gasteiger partial charge on any atom is -0.445 e. The molecule has 7 heteroatoms. The van der Waals surface area contributed by atoms with Crippen molar-refractivity contribution in [2.24, 2.45) is 0 Å². The lowest BCUT2D eigenvalue weighted by atomic mass is 9.82. The number of likely N-dealkylation sites (tertiary alicyclic amines) is 1. The normalized spacial score (nSPS) is 17.6. The molecule has 0 unspecified atom stereocenters. The highest BCUT2D eigenvalue weighted by atomic mass is 19.2. The quantitative estimate of drug-likeness (QED) is 0.542. The van der Waals surface area contributed by atoms with Gasteiger partial charge in [-0.05, 0) is 42.2 Å². The van der Waals surface area contributed by atoms with Gasteiger partial charge in [0.05, 0.1) is 12.1 Å². The topological polar surface area (TPSA) is 49.8 Å². The average molecular weight is 455 g/mol. The van der Waals surface area contributed by atoms with E-state index in [1.807, 2.05) is 30.3 Å². The summed E-state index contributed by atoms with van der Waals surface area (Å²) in [6.07, 6.45) is -0.753. The van der Waals surface area contributed by atoms with E-state index in [-0.39, 0.29) is 12.2 Å². The molecule has 4 nitrogen and oxygen atoms in total. The Bertz CT molecular complexity index is 1090. The number of ether oxygens (including phenoxy) is 1. The number of nitrogens with zero attached hydrogens (tertiary/aromatic N) is 1. The molecular weight excluding hydrogens is 431 g/mol. The minimum absolute atomic E-state index is 0.0568. The van der Waals surface area contributed by atoms with E-state index in [1.165, 1.54) is 41.3 Å². The van der Waals surface area contributed by atoms with Gasteiger partial charge in [-0.25, -0.2) is 18.0 Å². The summed E-state index contributed by atoms with van der Waals surface area (Å²) in [5, 5.41) is 11.4. The Morgan fingerprint density at radius 2 is 1.73 bits per heavy atom. The Balaban J connectivity index is 1.60. The third kappa shape index (κ3) is 5.03. The molecule has 1 aliphatic rings. The molecule has 1 amide bonds. The van der Waals surface area contributed by atoms with Crippen LogP contribution in [0.2, 0.25) is 0 Å². The molecule has 33 heavy (non-hydrogen) atoms. The SMILES string of the molecule is O=C(OCc1ccccc1)N1CCC[C@@H]1[C@H](O)[C@H](c1ccc(F)cc1)c1cccc(F)c1F. The number of amides is 1. The van der Waals surface area contributed by atoms with Crippen LogP contribution >= 0.6 is 0 Å². The van der Waals surface area contributed by atoms with Gasteiger partial charge in [0.1, 0.15) is 12.4 Å². The zero-order valence-electron chi connectivity index (χ0n) is 17.8. The highest BCUT2D eigenvalue weighted by Crippen LogP contribution is 2.36. The molecule has 0 bridgehead atoms. The summed E-state index contributed by atoms with van der Waals surface area (Å²) in [5.74, 6) is -3.62. The molecule has 1 heterocycles. The maximum absolute atomic E-state index is 14.8. The Morgan fingerprint density at radius 1 is 1.00 bits per heavy atom. The molecule has 0 aliphatic carbocycles. The molecule has 4 rings (SSSR count). The number of benzene rings is 3. The van der Waals surface area contributed by atoms with E-state index < -0.39 is 41.6 Å². The van der Waals surface area contributed by atoms with Crippen molar-refractivity contribution in [1.82, 2.24) is 4.90 Å². The van der Waals surface area contributed by atoms with Crippen molar-refractivity contribution in [1.29, 1.82) is 0 Å². The molecule has 0 aromatic heterocycles. The van der Waals surface area contributed by atoms with Gasteiger partial charge >= 0.3 is 6.09 Å². The van der Waals surface area contributed by atoms with Crippen molar-refractivity contribution in [2.45, 2.75) is 37.5 Å². The largest absolute Gasteiger partial charge is 0.445 e. The number of carbonyl (C=O) groups is 1. The number of halogens is 3. The van der Waals surface area contributed by atoms with Crippen LogP contribution < -0.4 is 0 Å². The van der Waals surface area contributed by atoms with Crippen molar-refractivity contribution in [3.8, 4) is 0 Å². The maximum Gasteiger partial charge on any atom is 0.410 e. The van der Waals surface area contributed by atoms with Gasteiger partial charge in [0.2, 0.25) is 0 Å². The summed E-state index contributed by atoms with van der Waals surface area (Å²) in [7, 11) is 0. The number of rotatable bonds is 6. The molecule has 1 fully saturated rings. The highest BCUT2D eigenvalue weighted by Gasteiger charge is 2.40. The number of hydrogen-bond donors (Lipinski definition) is 1. The van der Waals surface area contributed by atoms with Gasteiger partial charge in [-0.2, -0.15) is 0 Å². The first-order valence-electron chi connectivity index (χ1n) is 10.8. The summed E-state index contributed by atoms with van der Waals surface area (Å²) in [4.78, 5) is 14.2. The second-order valence-electron chi connectivity index (χ2n) is 8.11. The van der Waals surface area contributed by atoms with Crippen LogP contribution in [0.15, 0.2) is 72.8 Å². The van der Waals surface area contributed by atoms with Gasteiger partial charge in [-0.3, -0.25) is 0 Å². The first-order valence-corrected chi connectivity index (χ1v) is 10.8. The summed E-state index contributed by atoms with van der Waals surface area (Å²) in [6.45, 7) is 0.454. The predicted octanol–water partition coefficient (Wildman–Crippen LogP) is 5.40. The second kappa shape index (κ2) is 10.1. The lowest BCUT2D eigenvalue weighted by molar-refractivity contribution is 0.0409. The number of carbonyl (C=O) groups excluding carboxylic acids is 1. The number of aliphatic hydroxyl groups is 1. The number of hydrogen-bond acceptors (Lipinski definition) is 3. The Labute approximate surface area is 190 Å². The maximum atomic E-state index is 14.8. The summed E-state index contributed by atoms with van der Waals surface area (Å²) >= 11 is 0. The van der Waals surface area contributed by atoms with Gasteiger partial charge in [0.15, 0.2) is 11.6 Å². The summed E-state index contributed by atoms with van der Waals surface area (Å²) < 4.78 is 47.7. The third-order valence-corrected chi connectivity index (χ3v) is 6.02. The monoisotopic (exact) mass is 455 g/mol. The smallest absolute Gasteiger partial charge is 0.410 e. The minimum atomic E-state index is -1.27. The van der Waals surface area contributed by atoms with Crippen molar-refractivity contribution in [2.75, 3.05) is 6.54 Å². The lowest BCUT2D eigenvalue weighted by Crippen LogP contribution is -2.45. The lowest BCUT2D eigenvalue weighted by Gasteiger charge is -2.33. The first kappa shape index (κ1) is 22.9. The van der Waals surface area contributed by atoms with E-state index >= 15 is 0 Å². The highest BCUT2D eigenvalue weighted by molar-refractivity contribution is 5.68. The van der Waals surface area contributed by atoms with Crippen LogP contribution in [0.4, 0.5) is 18.0 Å². The van der Waals surface area contributed by atoms with Crippen LogP contribution in [0.3, 0.4) is 0 Å². The van der Waals surface area contributed by atoms with Gasteiger partial charge in [-0.1, -0.05) is 54.6 Å². The van der Waals surface area contributed by atoms with Gasteiger partial charge in [0, 0.05) is 18.0 Å². The van der Waals surface area contributed by atoms with Gasteiger partial charge in [-0.15, -0.1) is 0 Å². The van der Waals surface area contributed by atoms with Crippen LogP contribution in [0.5, 0.6) is 0 Å². The van der Waals surface area contributed by atoms with Crippen molar-refractivity contribution >= 4 is 6.09 Å². The molecule has 1 saturated heterocycles. The van der Waals surface area contributed by atoms with Crippen LogP contribution in [-0.4, -0.2) is 34.8 Å². The van der Waals surface area contributed by atoms with Crippen molar-refractivity contribution < 1.29 is 27.8 Å².